The highest BCUT2D eigenvalue weighted by Crippen LogP contribution is 2.48. The van der Waals surface area contributed by atoms with Gasteiger partial charge in [-0.25, -0.2) is 14.4 Å². The van der Waals surface area contributed by atoms with Crippen LogP contribution in [-0.4, -0.2) is 17.9 Å². The molecule has 0 saturated carbocycles. The fourth-order valence-corrected chi connectivity index (χ4v) is 4.33. The van der Waals surface area contributed by atoms with E-state index in [0.29, 0.717) is 11.4 Å². The minimum Gasteiger partial charge on any atom is -0.273 e. The van der Waals surface area contributed by atoms with Crippen LogP contribution in [0.1, 0.15) is 11.6 Å². The molecule has 2 heterocycles. The van der Waals surface area contributed by atoms with Crippen LogP contribution < -0.4 is 9.96 Å². The number of hydrogen-bond donors (Lipinski definition) is 0. The third-order valence-corrected chi connectivity index (χ3v) is 5.76. The van der Waals surface area contributed by atoms with Gasteiger partial charge in [-0.3, -0.25) is 14.4 Å². The van der Waals surface area contributed by atoms with Crippen LogP contribution in [-0.2, 0) is 14.4 Å². The van der Waals surface area contributed by atoms with Crippen LogP contribution in [0.2, 0.25) is 5.02 Å². The lowest BCUT2D eigenvalue weighted by atomic mass is 9.90. The number of imide groups is 1. The Hall–Kier alpha value is -3.22. The van der Waals surface area contributed by atoms with Crippen molar-refractivity contribution < 1.29 is 18.8 Å². The predicted molar refractivity (Wildman–Crippen MR) is 110 cm³/mol. The maximum Gasteiger partial charge on any atom is 0.266 e. The van der Waals surface area contributed by atoms with Gasteiger partial charge in [0, 0.05) is 5.56 Å². The Labute approximate surface area is 177 Å². The molecule has 150 valence electrons. The van der Waals surface area contributed by atoms with Crippen LogP contribution in [0, 0.1) is 11.7 Å². The van der Waals surface area contributed by atoms with Crippen LogP contribution >= 0.6 is 11.6 Å². The summed E-state index contributed by atoms with van der Waals surface area (Å²) in [5.41, 5.74) is 1.21. The van der Waals surface area contributed by atoms with Gasteiger partial charge in [0.25, 0.3) is 5.91 Å². The van der Waals surface area contributed by atoms with Gasteiger partial charge < -0.3 is 0 Å². The summed E-state index contributed by atoms with van der Waals surface area (Å²) in [7, 11) is 0. The van der Waals surface area contributed by atoms with E-state index in [9.17, 15) is 14.0 Å². The summed E-state index contributed by atoms with van der Waals surface area (Å²) in [6.07, 6.45) is -1.07. The van der Waals surface area contributed by atoms with Gasteiger partial charge in [-0.05, 0) is 30.3 Å². The van der Waals surface area contributed by atoms with Crippen LogP contribution in [0.15, 0.2) is 78.9 Å². The molecule has 30 heavy (non-hydrogen) atoms. The first-order valence-electron chi connectivity index (χ1n) is 9.46. The SMILES string of the molecule is O=C1C2ON(c3ccccc3)C(c3ccccc3F)C2C(=O)N1c1ccccc1Cl. The van der Waals surface area contributed by atoms with Crippen molar-refractivity contribution in [2.45, 2.75) is 12.1 Å². The zero-order valence-corrected chi connectivity index (χ0v) is 16.4. The minimum absolute atomic E-state index is 0.279. The number of nitrogens with zero attached hydrogens (tertiary/aromatic N) is 2. The summed E-state index contributed by atoms with van der Waals surface area (Å²) in [5, 5.41) is 1.74. The highest BCUT2D eigenvalue weighted by molar-refractivity contribution is 6.36. The number of carbonyl (C=O) groups excluding carboxylic acids is 2. The van der Waals surface area contributed by atoms with E-state index in [1.165, 1.54) is 11.1 Å². The van der Waals surface area contributed by atoms with Crippen molar-refractivity contribution in [2.24, 2.45) is 5.92 Å². The maximum atomic E-state index is 14.8. The van der Waals surface area contributed by atoms with Crippen molar-refractivity contribution in [2.75, 3.05) is 9.96 Å². The Bertz CT molecular complexity index is 1140. The van der Waals surface area contributed by atoms with Gasteiger partial charge >= 0.3 is 0 Å². The second kappa shape index (κ2) is 7.23. The molecule has 7 heteroatoms. The molecular weight excluding hydrogens is 407 g/mol. The zero-order valence-electron chi connectivity index (χ0n) is 15.6. The van der Waals surface area contributed by atoms with Crippen molar-refractivity contribution in [3.8, 4) is 0 Å². The lowest BCUT2D eigenvalue weighted by molar-refractivity contribution is -0.126. The lowest BCUT2D eigenvalue weighted by Gasteiger charge is -2.29. The summed E-state index contributed by atoms with van der Waals surface area (Å²) in [6.45, 7) is 0. The van der Waals surface area contributed by atoms with Gasteiger partial charge in [0.05, 0.1) is 22.4 Å². The molecule has 2 aliphatic heterocycles. The Morgan fingerprint density at radius 2 is 1.50 bits per heavy atom. The van der Waals surface area contributed by atoms with E-state index in [0.717, 1.165) is 4.90 Å². The number of benzene rings is 3. The van der Waals surface area contributed by atoms with Crippen molar-refractivity contribution >= 4 is 34.8 Å². The molecule has 0 radical (unpaired) electrons. The summed E-state index contributed by atoms with van der Waals surface area (Å²) in [4.78, 5) is 33.7. The number of halogens is 2. The number of hydroxylamine groups is 1. The third kappa shape index (κ3) is 2.80. The standard InChI is InChI=1S/C23H16ClFN2O3/c24-16-11-5-7-13-18(16)26-22(28)19-20(15-10-4-6-12-17(15)25)27(30-21(19)23(26)29)14-8-2-1-3-9-14/h1-13,19-21H. The van der Waals surface area contributed by atoms with Crippen molar-refractivity contribution in [3.63, 3.8) is 0 Å². The molecule has 2 fully saturated rings. The topological polar surface area (TPSA) is 49.9 Å². The van der Waals surface area contributed by atoms with Gasteiger partial charge in [0.1, 0.15) is 11.7 Å². The maximum absolute atomic E-state index is 14.8. The van der Waals surface area contributed by atoms with E-state index in [2.05, 4.69) is 0 Å². The molecule has 2 saturated heterocycles. The highest BCUT2D eigenvalue weighted by atomic mass is 35.5. The number of amides is 2. The first kappa shape index (κ1) is 18.8. The third-order valence-electron chi connectivity index (χ3n) is 5.44. The van der Waals surface area contributed by atoms with Gasteiger partial charge in [-0.2, -0.15) is 0 Å². The number of rotatable bonds is 3. The molecule has 0 N–H and O–H groups in total. The molecule has 3 aromatic rings. The fraction of sp³-hybridized carbons (Fsp3) is 0.130. The molecule has 3 unspecified atom stereocenters. The monoisotopic (exact) mass is 422 g/mol. The molecular formula is C23H16ClFN2O3. The van der Waals surface area contributed by atoms with Crippen molar-refractivity contribution in [1.29, 1.82) is 0 Å². The second-order valence-corrected chi connectivity index (χ2v) is 7.55. The molecule has 0 bridgehead atoms. The van der Waals surface area contributed by atoms with Crippen molar-refractivity contribution in [1.82, 2.24) is 0 Å². The number of anilines is 2. The largest absolute Gasteiger partial charge is 0.273 e. The number of para-hydroxylation sites is 2. The van der Waals surface area contributed by atoms with E-state index in [1.54, 1.807) is 54.6 Å². The Morgan fingerprint density at radius 3 is 2.23 bits per heavy atom. The summed E-state index contributed by atoms with van der Waals surface area (Å²) < 4.78 is 14.8. The molecule has 5 rings (SSSR count). The molecule has 0 aromatic heterocycles. The molecule has 0 spiro atoms. The van der Waals surface area contributed by atoms with E-state index in [1.807, 2.05) is 18.2 Å². The van der Waals surface area contributed by atoms with Crippen LogP contribution in [0.5, 0.6) is 0 Å². The minimum atomic E-state index is -1.07. The van der Waals surface area contributed by atoms with Gasteiger partial charge in [-0.15, -0.1) is 0 Å². The van der Waals surface area contributed by atoms with Gasteiger partial charge in [-0.1, -0.05) is 60.1 Å². The first-order chi connectivity index (χ1) is 14.6. The van der Waals surface area contributed by atoms with Crippen LogP contribution in [0.4, 0.5) is 15.8 Å². The molecule has 2 aliphatic rings. The van der Waals surface area contributed by atoms with E-state index in [-0.39, 0.29) is 10.6 Å². The lowest BCUT2D eigenvalue weighted by Crippen LogP contribution is -2.37. The quantitative estimate of drug-likeness (QED) is 0.582. The zero-order chi connectivity index (χ0) is 20.8. The Balaban J connectivity index is 1.62. The van der Waals surface area contributed by atoms with Crippen LogP contribution in [0.25, 0.3) is 0 Å². The average molecular weight is 423 g/mol. The normalized spacial score (nSPS) is 23.2. The van der Waals surface area contributed by atoms with Crippen LogP contribution in [0.3, 0.4) is 0 Å². The van der Waals surface area contributed by atoms with E-state index in [4.69, 9.17) is 16.4 Å². The van der Waals surface area contributed by atoms with E-state index < -0.39 is 35.7 Å². The highest BCUT2D eigenvalue weighted by Gasteiger charge is 2.60. The molecule has 3 atom stereocenters. The second-order valence-electron chi connectivity index (χ2n) is 7.14. The predicted octanol–water partition coefficient (Wildman–Crippen LogP) is 4.53. The summed E-state index contributed by atoms with van der Waals surface area (Å²) in [5.74, 6) is -2.36. The van der Waals surface area contributed by atoms with E-state index >= 15 is 0 Å². The summed E-state index contributed by atoms with van der Waals surface area (Å²) >= 11 is 6.24. The van der Waals surface area contributed by atoms with Gasteiger partial charge in [0.15, 0.2) is 6.10 Å². The Kier molecular flexibility index (Phi) is 4.53. The fourth-order valence-electron chi connectivity index (χ4n) is 4.11. The number of fused-ring (bicyclic) bond motifs is 1. The Morgan fingerprint density at radius 1 is 0.833 bits per heavy atom. The summed E-state index contributed by atoms with van der Waals surface area (Å²) in [6, 6.07) is 21.1. The smallest absolute Gasteiger partial charge is 0.266 e. The molecule has 2 amide bonds. The van der Waals surface area contributed by atoms with Gasteiger partial charge in [0.2, 0.25) is 5.91 Å². The number of hydrogen-bond acceptors (Lipinski definition) is 4. The first-order valence-corrected chi connectivity index (χ1v) is 9.83. The molecule has 5 nitrogen and oxygen atoms in total. The van der Waals surface area contributed by atoms with Crippen molar-refractivity contribution in [3.05, 3.63) is 95.3 Å². The average Bonchev–Trinajstić information content (AvgIpc) is 3.26. The molecule has 0 aliphatic carbocycles. The molecule has 3 aromatic carbocycles. The number of carbonyl (C=O) groups is 2.